The Bertz CT molecular complexity index is 259. The number of methoxy groups -OCH3 is 1. The minimum atomic E-state index is -0.376. The van der Waals surface area contributed by atoms with E-state index in [1.54, 1.807) is 18.3 Å². The van der Waals surface area contributed by atoms with Crippen LogP contribution < -0.4 is 5.32 Å². The van der Waals surface area contributed by atoms with Gasteiger partial charge in [-0.3, -0.25) is 4.79 Å². The molecule has 0 aliphatic rings. The monoisotopic (exact) mass is 199 g/mol. The molecule has 0 aliphatic heterocycles. The molecular formula is C9H13NO2S. The van der Waals surface area contributed by atoms with Gasteiger partial charge in [-0.2, -0.15) is 11.3 Å². The van der Waals surface area contributed by atoms with Gasteiger partial charge in [0.05, 0.1) is 0 Å². The topological polar surface area (TPSA) is 38.3 Å². The summed E-state index contributed by atoms with van der Waals surface area (Å²) in [5.41, 5.74) is 1.13. The molecule has 0 saturated heterocycles. The third-order valence-corrected chi connectivity index (χ3v) is 2.50. The second-order valence-electron chi connectivity index (χ2n) is 2.73. The molecule has 1 atom stereocenters. The van der Waals surface area contributed by atoms with Crippen molar-refractivity contribution in [2.24, 2.45) is 0 Å². The average molecular weight is 199 g/mol. The van der Waals surface area contributed by atoms with Crippen molar-refractivity contribution in [3.8, 4) is 0 Å². The van der Waals surface area contributed by atoms with E-state index in [-0.39, 0.29) is 12.0 Å². The Morgan fingerprint density at radius 2 is 2.54 bits per heavy atom. The third kappa shape index (κ3) is 3.16. The summed E-state index contributed by atoms with van der Waals surface area (Å²) in [7, 11) is 1.52. The van der Waals surface area contributed by atoms with Crippen LogP contribution in [0.1, 0.15) is 12.5 Å². The van der Waals surface area contributed by atoms with Gasteiger partial charge in [-0.25, -0.2) is 0 Å². The van der Waals surface area contributed by atoms with Gasteiger partial charge >= 0.3 is 0 Å². The quantitative estimate of drug-likeness (QED) is 0.796. The third-order valence-electron chi connectivity index (χ3n) is 1.77. The first-order chi connectivity index (χ1) is 6.24. The van der Waals surface area contributed by atoms with Gasteiger partial charge in [0, 0.05) is 13.7 Å². The molecule has 0 aliphatic carbocycles. The molecule has 3 nitrogen and oxygen atoms in total. The fourth-order valence-corrected chi connectivity index (χ4v) is 1.50. The van der Waals surface area contributed by atoms with Crippen LogP contribution in [0.3, 0.4) is 0 Å². The van der Waals surface area contributed by atoms with Crippen LogP contribution >= 0.6 is 11.3 Å². The van der Waals surface area contributed by atoms with Crippen molar-refractivity contribution in [3.63, 3.8) is 0 Å². The summed E-state index contributed by atoms with van der Waals surface area (Å²) in [4.78, 5) is 11.2. The molecule has 0 spiro atoms. The van der Waals surface area contributed by atoms with E-state index in [0.717, 1.165) is 5.56 Å². The molecule has 0 saturated carbocycles. The van der Waals surface area contributed by atoms with Crippen LogP contribution in [0, 0.1) is 0 Å². The van der Waals surface area contributed by atoms with Gasteiger partial charge < -0.3 is 10.1 Å². The second kappa shape index (κ2) is 4.99. The maximum atomic E-state index is 11.2. The summed E-state index contributed by atoms with van der Waals surface area (Å²) in [6.45, 7) is 2.30. The zero-order valence-electron chi connectivity index (χ0n) is 7.74. The molecule has 1 amide bonds. The van der Waals surface area contributed by atoms with Crippen LogP contribution in [0.25, 0.3) is 0 Å². The van der Waals surface area contributed by atoms with E-state index >= 15 is 0 Å². The fraction of sp³-hybridized carbons (Fsp3) is 0.444. The SMILES string of the molecule is COC(C)C(=O)NCc1ccsc1. The van der Waals surface area contributed by atoms with Gasteiger partial charge in [0.2, 0.25) is 5.91 Å². The highest BCUT2D eigenvalue weighted by Gasteiger charge is 2.10. The van der Waals surface area contributed by atoms with Crippen molar-refractivity contribution in [1.82, 2.24) is 5.32 Å². The number of nitrogens with one attached hydrogen (secondary N) is 1. The van der Waals surface area contributed by atoms with E-state index in [1.807, 2.05) is 16.8 Å². The first kappa shape index (κ1) is 10.2. The molecule has 1 heterocycles. The lowest BCUT2D eigenvalue weighted by atomic mass is 10.3. The first-order valence-corrected chi connectivity index (χ1v) is 5.00. The van der Waals surface area contributed by atoms with E-state index < -0.39 is 0 Å². The minimum Gasteiger partial charge on any atom is -0.372 e. The number of carbonyl (C=O) groups is 1. The Morgan fingerprint density at radius 3 is 3.08 bits per heavy atom. The number of thiophene rings is 1. The van der Waals surface area contributed by atoms with Crippen LogP contribution in [-0.4, -0.2) is 19.1 Å². The van der Waals surface area contributed by atoms with E-state index in [0.29, 0.717) is 6.54 Å². The number of carbonyl (C=O) groups excluding carboxylic acids is 1. The molecule has 1 N–H and O–H groups in total. The van der Waals surface area contributed by atoms with Gasteiger partial charge in [0.15, 0.2) is 0 Å². The van der Waals surface area contributed by atoms with Gasteiger partial charge in [0.1, 0.15) is 6.10 Å². The van der Waals surface area contributed by atoms with Crippen LogP contribution in [0.5, 0.6) is 0 Å². The highest BCUT2D eigenvalue weighted by Crippen LogP contribution is 2.04. The number of ether oxygens (including phenoxy) is 1. The summed E-state index contributed by atoms with van der Waals surface area (Å²) in [5, 5.41) is 6.78. The van der Waals surface area contributed by atoms with Gasteiger partial charge in [0.25, 0.3) is 0 Å². The van der Waals surface area contributed by atoms with Crippen molar-refractivity contribution in [2.45, 2.75) is 19.6 Å². The Balaban J connectivity index is 2.31. The fourth-order valence-electron chi connectivity index (χ4n) is 0.833. The molecule has 1 rings (SSSR count). The molecular weight excluding hydrogens is 186 g/mol. The molecule has 72 valence electrons. The van der Waals surface area contributed by atoms with Crippen molar-refractivity contribution in [1.29, 1.82) is 0 Å². The van der Waals surface area contributed by atoms with Crippen LogP contribution in [-0.2, 0) is 16.1 Å². The van der Waals surface area contributed by atoms with Gasteiger partial charge in [-0.15, -0.1) is 0 Å². The van der Waals surface area contributed by atoms with Crippen LogP contribution in [0.15, 0.2) is 16.8 Å². The van der Waals surface area contributed by atoms with Crippen molar-refractivity contribution < 1.29 is 9.53 Å². The maximum Gasteiger partial charge on any atom is 0.249 e. The highest BCUT2D eigenvalue weighted by molar-refractivity contribution is 7.07. The predicted molar refractivity (Wildman–Crippen MR) is 52.6 cm³/mol. The highest BCUT2D eigenvalue weighted by atomic mass is 32.1. The summed E-state index contributed by atoms with van der Waals surface area (Å²) >= 11 is 1.62. The van der Waals surface area contributed by atoms with E-state index in [1.165, 1.54) is 7.11 Å². The largest absolute Gasteiger partial charge is 0.372 e. The number of amides is 1. The maximum absolute atomic E-state index is 11.2. The lowest BCUT2D eigenvalue weighted by molar-refractivity contribution is -0.130. The summed E-state index contributed by atoms with van der Waals surface area (Å²) in [6.07, 6.45) is -0.376. The normalized spacial score (nSPS) is 12.5. The Morgan fingerprint density at radius 1 is 1.77 bits per heavy atom. The molecule has 13 heavy (non-hydrogen) atoms. The zero-order chi connectivity index (χ0) is 9.68. The van der Waals surface area contributed by atoms with Gasteiger partial charge in [-0.05, 0) is 29.3 Å². The molecule has 4 heteroatoms. The summed E-state index contributed by atoms with van der Waals surface area (Å²) in [6, 6.07) is 1.99. The Hall–Kier alpha value is -0.870. The summed E-state index contributed by atoms with van der Waals surface area (Å²) in [5.74, 6) is -0.0753. The van der Waals surface area contributed by atoms with Crippen molar-refractivity contribution in [2.75, 3.05) is 7.11 Å². The lowest BCUT2D eigenvalue weighted by Gasteiger charge is -2.09. The van der Waals surface area contributed by atoms with E-state index in [9.17, 15) is 4.79 Å². The second-order valence-corrected chi connectivity index (χ2v) is 3.51. The van der Waals surface area contributed by atoms with Gasteiger partial charge in [-0.1, -0.05) is 0 Å². The summed E-state index contributed by atoms with van der Waals surface area (Å²) < 4.78 is 4.87. The van der Waals surface area contributed by atoms with Crippen LogP contribution in [0.2, 0.25) is 0 Å². The number of rotatable bonds is 4. The molecule has 0 radical (unpaired) electrons. The zero-order valence-corrected chi connectivity index (χ0v) is 8.56. The smallest absolute Gasteiger partial charge is 0.249 e. The van der Waals surface area contributed by atoms with Crippen molar-refractivity contribution in [3.05, 3.63) is 22.4 Å². The molecule has 0 fully saturated rings. The number of hydrogen-bond donors (Lipinski definition) is 1. The van der Waals surface area contributed by atoms with Crippen LogP contribution in [0.4, 0.5) is 0 Å². The predicted octanol–water partition coefficient (Wildman–Crippen LogP) is 1.40. The molecule has 0 bridgehead atoms. The Kier molecular flexibility index (Phi) is 3.92. The molecule has 0 aromatic carbocycles. The van der Waals surface area contributed by atoms with E-state index in [4.69, 9.17) is 4.74 Å². The minimum absolute atomic E-state index is 0.0753. The molecule has 1 aromatic heterocycles. The lowest BCUT2D eigenvalue weighted by Crippen LogP contribution is -2.33. The van der Waals surface area contributed by atoms with Crippen molar-refractivity contribution >= 4 is 17.2 Å². The Labute approximate surface area is 81.7 Å². The standard InChI is InChI=1S/C9H13NO2S/c1-7(12-2)9(11)10-5-8-3-4-13-6-8/h3-4,6-7H,5H2,1-2H3,(H,10,11). The first-order valence-electron chi connectivity index (χ1n) is 4.05. The molecule has 1 aromatic rings. The number of hydrogen-bond acceptors (Lipinski definition) is 3. The average Bonchev–Trinajstić information content (AvgIpc) is 2.65. The molecule has 1 unspecified atom stereocenters. The van der Waals surface area contributed by atoms with E-state index in [2.05, 4.69) is 5.32 Å².